The van der Waals surface area contributed by atoms with Gasteiger partial charge >= 0.3 is 0 Å². The first-order chi connectivity index (χ1) is 9.40. The summed E-state index contributed by atoms with van der Waals surface area (Å²) in [5.74, 6) is 0.706. The second-order valence-electron chi connectivity index (χ2n) is 6.64. The van der Waals surface area contributed by atoms with Gasteiger partial charge in [-0.2, -0.15) is 0 Å². The highest BCUT2D eigenvalue weighted by Gasteiger charge is 2.35. The Labute approximate surface area is 123 Å². The van der Waals surface area contributed by atoms with Crippen LogP contribution in [0.3, 0.4) is 0 Å². The molecule has 4 unspecified atom stereocenters. The zero-order valence-corrected chi connectivity index (χ0v) is 13.5. The Balaban J connectivity index is 2.04. The van der Waals surface area contributed by atoms with Crippen LogP contribution in [0.5, 0.6) is 0 Å². The predicted molar refractivity (Wildman–Crippen MR) is 85.8 cm³/mol. The second-order valence-corrected chi connectivity index (χ2v) is 6.64. The monoisotopic (exact) mass is 275 g/mol. The van der Waals surface area contributed by atoms with Crippen molar-refractivity contribution in [1.82, 2.24) is 9.80 Å². The van der Waals surface area contributed by atoms with E-state index in [1.807, 2.05) is 0 Å². The van der Waals surface area contributed by atoms with Gasteiger partial charge in [0.25, 0.3) is 0 Å². The maximum atomic E-state index is 6.48. The molecule has 3 heteroatoms. The van der Waals surface area contributed by atoms with Crippen LogP contribution in [-0.4, -0.2) is 49.1 Å². The Hall–Kier alpha value is -0.900. The van der Waals surface area contributed by atoms with Crippen molar-refractivity contribution in [2.24, 2.45) is 11.7 Å². The van der Waals surface area contributed by atoms with Crippen molar-refractivity contribution in [3.8, 4) is 0 Å². The normalized spacial score (nSPS) is 26.9. The van der Waals surface area contributed by atoms with E-state index in [-0.39, 0.29) is 6.04 Å². The zero-order chi connectivity index (χ0) is 14.9. The number of aryl methyl sites for hydroxylation is 1. The van der Waals surface area contributed by atoms with Crippen LogP contribution in [0.25, 0.3) is 0 Å². The molecule has 2 N–H and O–H groups in total. The lowest BCUT2D eigenvalue weighted by Crippen LogP contribution is -2.41. The van der Waals surface area contributed by atoms with Crippen molar-refractivity contribution in [3.63, 3.8) is 0 Å². The Morgan fingerprint density at radius 2 is 1.80 bits per heavy atom. The molecule has 1 fully saturated rings. The van der Waals surface area contributed by atoms with Crippen molar-refractivity contribution in [1.29, 1.82) is 0 Å². The number of rotatable bonds is 4. The van der Waals surface area contributed by atoms with E-state index in [2.05, 4.69) is 68.9 Å². The molecule has 1 aliphatic rings. The van der Waals surface area contributed by atoms with Gasteiger partial charge in [-0.1, -0.05) is 36.8 Å². The van der Waals surface area contributed by atoms with Gasteiger partial charge in [-0.05, 0) is 39.4 Å². The lowest BCUT2D eigenvalue weighted by Gasteiger charge is -2.30. The minimum absolute atomic E-state index is 0.0868. The van der Waals surface area contributed by atoms with Crippen LogP contribution < -0.4 is 5.73 Å². The Bertz CT molecular complexity index is 426. The first-order valence-electron chi connectivity index (χ1n) is 7.62. The third kappa shape index (κ3) is 3.22. The van der Waals surface area contributed by atoms with Crippen molar-refractivity contribution < 1.29 is 0 Å². The minimum atomic E-state index is 0.0868. The van der Waals surface area contributed by atoms with Gasteiger partial charge in [0.1, 0.15) is 0 Å². The maximum absolute atomic E-state index is 6.48. The fraction of sp³-hybridized carbons (Fsp3) is 0.647. The zero-order valence-electron chi connectivity index (χ0n) is 13.5. The lowest BCUT2D eigenvalue weighted by molar-refractivity contribution is 0.204. The number of nitrogens with zero attached hydrogens (tertiary/aromatic N) is 2. The molecule has 0 bridgehead atoms. The molecule has 0 spiro atoms. The van der Waals surface area contributed by atoms with Crippen LogP contribution in [0.15, 0.2) is 24.3 Å². The molecule has 0 aromatic heterocycles. The van der Waals surface area contributed by atoms with E-state index in [4.69, 9.17) is 5.73 Å². The van der Waals surface area contributed by atoms with Gasteiger partial charge in [-0.3, -0.25) is 4.90 Å². The molecular weight excluding hydrogens is 246 g/mol. The first-order valence-corrected chi connectivity index (χ1v) is 7.62. The van der Waals surface area contributed by atoms with Crippen LogP contribution >= 0.6 is 0 Å². The van der Waals surface area contributed by atoms with Crippen molar-refractivity contribution in [2.75, 3.05) is 27.2 Å². The number of hydrogen-bond acceptors (Lipinski definition) is 3. The molecule has 0 radical (unpaired) electrons. The quantitative estimate of drug-likeness (QED) is 0.915. The molecule has 2 rings (SSSR count). The van der Waals surface area contributed by atoms with Crippen LogP contribution in [0.1, 0.15) is 31.0 Å². The van der Waals surface area contributed by atoms with Crippen LogP contribution in [-0.2, 0) is 0 Å². The molecule has 3 nitrogen and oxygen atoms in total. The third-order valence-electron chi connectivity index (χ3n) is 4.82. The molecule has 0 amide bonds. The predicted octanol–water partition coefficient (Wildman–Crippen LogP) is 2.27. The van der Waals surface area contributed by atoms with Gasteiger partial charge in [-0.25, -0.2) is 0 Å². The van der Waals surface area contributed by atoms with Gasteiger partial charge < -0.3 is 10.6 Å². The lowest BCUT2D eigenvalue weighted by atomic mass is 9.99. The smallest absolute Gasteiger partial charge is 0.0450 e. The number of likely N-dealkylation sites (N-methyl/N-ethyl adjacent to an activating group) is 1. The van der Waals surface area contributed by atoms with Crippen LogP contribution in [0, 0.1) is 12.8 Å². The highest BCUT2D eigenvalue weighted by molar-refractivity contribution is 5.25. The molecule has 20 heavy (non-hydrogen) atoms. The average Bonchev–Trinajstić information content (AvgIpc) is 2.80. The standard InChI is InChI=1S/C17H29N3/c1-12-6-8-15(9-7-12)17(18)14(3)20-10-13(2)16(11-20)19(4)5/h6-9,13-14,16-17H,10-11,18H2,1-5H3. The van der Waals surface area contributed by atoms with Gasteiger partial charge in [0, 0.05) is 31.2 Å². The minimum Gasteiger partial charge on any atom is -0.323 e. The largest absolute Gasteiger partial charge is 0.323 e. The molecule has 0 aliphatic carbocycles. The van der Waals surface area contributed by atoms with E-state index in [1.54, 1.807) is 0 Å². The number of likely N-dealkylation sites (tertiary alicyclic amines) is 1. The summed E-state index contributed by atoms with van der Waals surface area (Å²) in [6.07, 6.45) is 0. The molecule has 4 atom stereocenters. The molecule has 1 aromatic rings. The summed E-state index contributed by atoms with van der Waals surface area (Å²) >= 11 is 0. The summed E-state index contributed by atoms with van der Waals surface area (Å²) < 4.78 is 0. The average molecular weight is 275 g/mol. The third-order valence-corrected chi connectivity index (χ3v) is 4.82. The summed E-state index contributed by atoms with van der Waals surface area (Å²) in [6.45, 7) is 8.98. The van der Waals surface area contributed by atoms with E-state index in [0.717, 1.165) is 13.1 Å². The van der Waals surface area contributed by atoms with Gasteiger partial charge in [0.15, 0.2) is 0 Å². The summed E-state index contributed by atoms with van der Waals surface area (Å²) in [4.78, 5) is 4.88. The summed E-state index contributed by atoms with van der Waals surface area (Å²) in [5.41, 5.74) is 9.01. The van der Waals surface area contributed by atoms with Crippen molar-refractivity contribution in [3.05, 3.63) is 35.4 Å². The first kappa shape index (κ1) is 15.5. The maximum Gasteiger partial charge on any atom is 0.0450 e. The highest BCUT2D eigenvalue weighted by atomic mass is 15.3. The van der Waals surface area contributed by atoms with E-state index < -0.39 is 0 Å². The molecule has 1 saturated heterocycles. The van der Waals surface area contributed by atoms with Gasteiger partial charge in [0.05, 0.1) is 0 Å². The molecule has 1 aliphatic heterocycles. The molecule has 0 saturated carbocycles. The molecule has 112 valence electrons. The van der Waals surface area contributed by atoms with Gasteiger partial charge in [-0.15, -0.1) is 0 Å². The van der Waals surface area contributed by atoms with Crippen LogP contribution in [0.4, 0.5) is 0 Å². The second kappa shape index (κ2) is 6.25. The number of nitrogens with two attached hydrogens (primary N) is 1. The summed E-state index contributed by atoms with van der Waals surface area (Å²) in [7, 11) is 4.35. The Morgan fingerprint density at radius 3 is 2.30 bits per heavy atom. The van der Waals surface area contributed by atoms with E-state index in [0.29, 0.717) is 18.0 Å². The fourth-order valence-corrected chi connectivity index (χ4v) is 3.29. The van der Waals surface area contributed by atoms with E-state index in [1.165, 1.54) is 11.1 Å². The SMILES string of the molecule is Cc1ccc(C(N)C(C)N2CC(C)C(N(C)C)C2)cc1. The Morgan fingerprint density at radius 1 is 1.20 bits per heavy atom. The van der Waals surface area contributed by atoms with Gasteiger partial charge in [0.2, 0.25) is 0 Å². The topological polar surface area (TPSA) is 32.5 Å². The number of benzene rings is 1. The summed E-state index contributed by atoms with van der Waals surface area (Å²) in [6, 6.07) is 9.74. The number of hydrogen-bond donors (Lipinski definition) is 1. The van der Waals surface area contributed by atoms with E-state index >= 15 is 0 Å². The molecular formula is C17H29N3. The van der Waals surface area contributed by atoms with Crippen LogP contribution in [0.2, 0.25) is 0 Å². The molecule has 1 aromatic carbocycles. The fourth-order valence-electron chi connectivity index (χ4n) is 3.29. The van der Waals surface area contributed by atoms with Crippen molar-refractivity contribution >= 4 is 0 Å². The summed E-state index contributed by atoms with van der Waals surface area (Å²) in [5, 5.41) is 0. The molecule has 1 heterocycles. The van der Waals surface area contributed by atoms with Crippen molar-refractivity contribution in [2.45, 2.75) is 38.9 Å². The Kier molecular flexibility index (Phi) is 4.84. The van der Waals surface area contributed by atoms with E-state index in [9.17, 15) is 0 Å². The highest BCUT2D eigenvalue weighted by Crippen LogP contribution is 2.26.